The Morgan fingerprint density at radius 1 is 1.30 bits per heavy atom. The average molecular weight is 295 g/mol. The zero-order valence-corrected chi connectivity index (χ0v) is 12.6. The van der Waals surface area contributed by atoms with Crippen LogP contribution in [0.3, 0.4) is 0 Å². The first-order chi connectivity index (χ1) is 9.38. The number of benzene rings is 1. The smallest absolute Gasteiger partial charge is 0.175 e. The molecular weight excluding hydrogens is 274 g/mol. The normalized spacial score (nSPS) is 25.8. The van der Waals surface area contributed by atoms with Gasteiger partial charge in [0.15, 0.2) is 9.84 Å². The zero-order chi connectivity index (χ0) is 14.4. The Morgan fingerprint density at radius 3 is 2.50 bits per heavy atom. The molecule has 20 heavy (non-hydrogen) atoms. The van der Waals surface area contributed by atoms with Gasteiger partial charge in [0, 0.05) is 18.8 Å². The molecule has 1 aromatic carbocycles. The topological polar surface area (TPSA) is 57.6 Å². The Labute approximate surface area is 120 Å². The highest BCUT2D eigenvalue weighted by atomic mass is 32.2. The summed E-state index contributed by atoms with van der Waals surface area (Å²) in [6.07, 6.45) is 5.26. The number of nitrogens with zero attached hydrogens (tertiary/aromatic N) is 1. The summed E-state index contributed by atoms with van der Waals surface area (Å²) < 4.78 is 22.9. The largest absolute Gasteiger partial charge is 0.388 e. The van der Waals surface area contributed by atoms with Crippen LogP contribution >= 0.6 is 0 Å². The fraction of sp³-hybridized carbons (Fsp3) is 0.600. The zero-order valence-electron chi connectivity index (χ0n) is 11.7. The standard InChI is InChI=1S/C15H21NO3S/c1-20(18,19)13-6-4-12(5-7-13)11-16-10-2-3-14(16)15(17)8-9-15/h4-7,14,17H,2-3,8-11H2,1H3. The fourth-order valence-electron chi connectivity index (χ4n) is 3.16. The fourth-order valence-corrected chi connectivity index (χ4v) is 3.79. The predicted molar refractivity (Wildman–Crippen MR) is 77.2 cm³/mol. The Morgan fingerprint density at radius 2 is 1.95 bits per heavy atom. The molecule has 0 aromatic heterocycles. The molecule has 1 saturated carbocycles. The van der Waals surface area contributed by atoms with E-state index in [2.05, 4.69) is 4.90 Å². The van der Waals surface area contributed by atoms with Crippen LogP contribution in [0.2, 0.25) is 0 Å². The lowest BCUT2D eigenvalue weighted by Crippen LogP contribution is -2.40. The SMILES string of the molecule is CS(=O)(=O)c1ccc(CN2CCCC2C2(O)CC2)cc1. The molecule has 2 fully saturated rings. The lowest BCUT2D eigenvalue weighted by atomic mass is 10.1. The van der Waals surface area contributed by atoms with Crippen LogP contribution < -0.4 is 0 Å². The maximum absolute atomic E-state index is 11.4. The van der Waals surface area contributed by atoms with Crippen LogP contribution in [-0.2, 0) is 16.4 Å². The molecule has 0 spiro atoms. The third-order valence-corrected chi connectivity index (χ3v) is 5.61. The van der Waals surface area contributed by atoms with Crippen LogP contribution in [0.5, 0.6) is 0 Å². The molecule has 1 aliphatic carbocycles. The first-order valence-corrected chi connectivity index (χ1v) is 9.03. The molecule has 110 valence electrons. The number of likely N-dealkylation sites (tertiary alicyclic amines) is 1. The number of sulfone groups is 1. The van der Waals surface area contributed by atoms with E-state index in [1.54, 1.807) is 12.1 Å². The Hall–Kier alpha value is -0.910. The van der Waals surface area contributed by atoms with Gasteiger partial charge in [-0.2, -0.15) is 0 Å². The summed E-state index contributed by atoms with van der Waals surface area (Å²) in [4.78, 5) is 2.70. The van der Waals surface area contributed by atoms with Crippen LogP contribution in [0.15, 0.2) is 29.2 Å². The Balaban J connectivity index is 1.71. The summed E-state index contributed by atoms with van der Waals surface area (Å²) >= 11 is 0. The first-order valence-electron chi connectivity index (χ1n) is 7.14. The maximum Gasteiger partial charge on any atom is 0.175 e. The molecule has 1 saturated heterocycles. The second kappa shape index (κ2) is 4.83. The monoisotopic (exact) mass is 295 g/mol. The third-order valence-electron chi connectivity index (χ3n) is 4.48. The quantitative estimate of drug-likeness (QED) is 0.916. The molecule has 1 atom stereocenters. The van der Waals surface area contributed by atoms with Crippen molar-refractivity contribution in [1.29, 1.82) is 0 Å². The minimum atomic E-state index is -3.12. The van der Waals surface area contributed by atoms with Gasteiger partial charge >= 0.3 is 0 Å². The van der Waals surface area contributed by atoms with Crippen molar-refractivity contribution in [3.05, 3.63) is 29.8 Å². The van der Waals surface area contributed by atoms with Gasteiger partial charge in [-0.1, -0.05) is 12.1 Å². The summed E-state index contributed by atoms with van der Waals surface area (Å²) in [7, 11) is -3.12. The van der Waals surface area contributed by atoms with Crippen molar-refractivity contribution in [1.82, 2.24) is 4.90 Å². The second-order valence-electron chi connectivity index (χ2n) is 6.15. The van der Waals surface area contributed by atoms with Crippen molar-refractivity contribution in [3.63, 3.8) is 0 Å². The summed E-state index contributed by atoms with van der Waals surface area (Å²) in [5.74, 6) is 0. The van der Waals surface area contributed by atoms with E-state index in [9.17, 15) is 13.5 Å². The number of aliphatic hydroxyl groups is 1. The van der Waals surface area contributed by atoms with Crippen LogP contribution in [0.25, 0.3) is 0 Å². The summed E-state index contributed by atoms with van der Waals surface area (Å²) in [6, 6.07) is 7.37. The van der Waals surface area contributed by atoms with Gasteiger partial charge in [0.1, 0.15) is 0 Å². The van der Waals surface area contributed by atoms with E-state index >= 15 is 0 Å². The van der Waals surface area contributed by atoms with Crippen LogP contribution in [0.4, 0.5) is 0 Å². The number of hydrogen-bond donors (Lipinski definition) is 1. The van der Waals surface area contributed by atoms with Gasteiger partial charge in [-0.25, -0.2) is 8.42 Å². The molecule has 1 aliphatic heterocycles. The summed E-state index contributed by atoms with van der Waals surface area (Å²) in [5, 5.41) is 10.3. The highest BCUT2D eigenvalue weighted by Crippen LogP contribution is 2.44. The van der Waals surface area contributed by atoms with E-state index in [0.29, 0.717) is 4.90 Å². The molecule has 1 aromatic rings. The summed E-state index contributed by atoms with van der Waals surface area (Å²) in [5.41, 5.74) is 0.650. The van der Waals surface area contributed by atoms with Gasteiger partial charge in [0.2, 0.25) is 0 Å². The molecule has 0 radical (unpaired) electrons. The highest BCUT2D eigenvalue weighted by molar-refractivity contribution is 7.90. The molecule has 2 aliphatic rings. The second-order valence-corrected chi connectivity index (χ2v) is 8.16. The minimum Gasteiger partial charge on any atom is -0.388 e. The lowest BCUT2D eigenvalue weighted by molar-refractivity contribution is 0.0481. The number of hydrogen-bond acceptors (Lipinski definition) is 4. The van der Waals surface area contributed by atoms with Gasteiger partial charge in [-0.15, -0.1) is 0 Å². The van der Waals surface area contributed by atoms with Gasteiger partial charge in [0.25, 0.3) is 0 Å². The van der Waals surface area contributed by atoms with Crippen molar-refractivity contribution in [2.45, 2.75) is 48.8 Å². The van der Waals surface area contributed by atoms with E-state index in [4.69, 9.17) is 0 Å². The molecule has 1 heterocycles. The highest BCUT2D eigenvalue weighted by Gasteiger charge is 2.51. The van der Waals surface area contributed by atoms with Crippen molar-refractivity contribution in [3.8, 4) is 0 Å². The van der Waals surface area contributed by atoms with E-state index in [1.165, 1.54) is 6.26 Å². The van der Waals surface area contributed by atoms with Crippen molar-refractivity contribution < 1.29 is 13.5 Å². The van der Waals surface area contributed by atoms with Crippen molar-refractivity contribution in [2.75, 3.05) is 12.8 Å². The van der Waals surface area contributed by atoms with E-state index < -0.39 is 15.4 Å². The Kier molecular flexibility index (Phi) is 3.39. The van der Waals surface area contributed by atoms with E-state index in [0.717, 1.165) is 44.3 Å². The molecule has 4 nitrogen and oxygen atoms in total. The molecule has 3 rings (SSSR count). The van der Waals surface area contributed by atoms with Gasteiger partial charge in [-0.05, 0) is 49.9 Å². The van der Waals surface area contributed by atoms with Crippen molar-refractivity contribution >= 4 is 9.84 Å². The Bertz CT molecular complexity index is 590. The van der Waals surface area contributed by atoms with Crippen LogP contribution in [0.1, 0.15) is 31.2 Å². The average Bonchev–Trinajstić information content (AvgIpc) is 2.95. The van der Waals surface area contributed by atoms with Crippen LogP contribution in [-0.4, -0.2) is 42.9 Å². The van der Waals surface area contributed by atoms with E-state index in [-0.39, 0.29) is 6.04 Å². The first kappa shape index (κ1) is 14.0. The minimum absolute atomic E-state index is 0.275. The molecule has 5 heteroatoms. The summed E-state index contributed by atoms with van der Waals surface area (Å²) in [6.45, 7) is 1.80. The molecule has 0 amide bonds. The predicted octanol–water partition coefficient (Wildman–Crippen LogP) is 1.58. The van der Waals surface area contributed by atoms with Gasteiger partial charge in [0.05, 0.1) is 10.5 Å². The molecule has 0 bridgehead atoms. The maximum atomic E-state index is 11.4. The molecule has 1 unspecified atom stereocenters. The van der Waals surface area contributed by atoms with Crippen molar-refractivity contribution in [2.24, 2.45) is 0 Å². The van der Waals surface area contributed by atoms with Gasteiger partial charge < -0.3 is 5.11 Å². The molecular formula is C15H21NO3S. The number of rotatable bonds is 4. The molecule has 1 N–H and O–H groups in total. The van der Waals surface area contributed by atoms with Gasteiger partial charge in [-0.3, -0.25) is 4.90 Å². The lowest BCUT2D eigenvalue weighted by Gasteiger charge is -2.28. The third kappa shape index (κ3) is 2.75. The van der Waals surface area contributed by atoms with Crippen LogP contribution in [0, 0.1) is 0 Å². The van der Waals surface area contributed by atoms with E-state index in [1.807, 2.05) is 12.1 Å².